The van der Waals surface area contributed by atoms with Crippen molar-refractivity contribution in [3.63, 3.8) is 0 Å². The Morgan fingerprint density at radius 3 is 1.48 bits per heavy atom. The van der Waals surface area contributed by atoms with E-state index in [1.807, 2.05) is 0 Å². The molecule has 0 aliphatic heterocycles. The Morgan fingerprint density at radius 1 is 0.259 bits per heavy atom. The zero-order valence-corrected chi connectivity index (χ0v) is 29.4. The van der Waals surface area contributed by atoms with Crippen LogP contribution in [0, 0.1) is 0 Å². The van der Waals surface area contributed by atoms with Crippen molar-refractivity contribution in [1.82, 2.24) is 9.13 Å². The lowest BCUT2D eigenvalue weighted by molar-refractivity contribution is 1.18. The summed E-state index contributed by atoms with van der Waals surface area (Å²) in [5, 5.41) is 7.68. The van der Waals surface area contributed by atoms with Crippen molar-refractivity contribution in [2.24, 2.45) is 0 Å². The largest absolute Gasteiger partial charge is 0.309 e. The fourth-order valence-electron chi connectivity index (χ4n) is 9.25. The van der Waals surface area contributed by atoms with E-state index >= 15 is 0 Å². The van der Waals surface area contributed by atoms with Crippen LogP contribution in [0.25, 0.3) is 110 Å². The molecule has 0 atom stereocenters. The van der Waals surface area contributed by atoms with E-state index in [0.717, 1.165) is 5.69 Å². The van der Waals surface area contributed by atoms with Crippen molar-refractivity contribution in [1.29, 1.82) is 0 Å². The molecule has 0 saturated heterocycles. The quantitative estimate of drug-likeness (QED) is 0.175. The highest BCUT2D eigenvalue weighted by Crippen LogP contribution is 2.49. The molecule has 54 heavy (non-hydrogen) atoms. The standard InChI is InChI=1S/C52H32N2/c1-2-14-38(15-3-1)53-48-22-8-6-19-42(48)45-30-34(24-26-50(45)53)35-25-27-51-46(31-35)43-20-7-9-23-49(43)54(51)39-16-10-12-33(29-39)37-28-36-13-11-21-44-40-17-4-5-18-41(40)47(32-37)52(36)44/h1-32H. The van der Waals surface area contributed by atoms with Gasteiger partial charge in [0.2, 0.25) is 0 Å². The van der Waals surface area contributed by atoms with E-state index in [2.05, 4.69) is 203 Å². The molecule has 1 aliphatic carbocycles. The molecule has 0 radical (unpaired) electrons. The van der Waals surface area contributed by atoms with Crippen molar-refractivity contribution in [3.05, 3.63) is 194 Å². The van der Waals surface area contributed by atoms with Crippen LogP contribution in [-0.2, 0) is 0 Å². The van der Waals surface area contributed by atoms with Gasteiger partial charge in [0, 0.05) is 32.9 Å². The number of hydrogen-bond donors (Lipinski definition) is 0. The number of para-hydroxylation sites is 3. The highest BCUT2D eigenvalue weighted by Gasteiger charge is 2.22. The molecule has 0 bridgehead atoms. The minimum absolute atomic E-state index is 1.16. The van der Waals surface area contributed by atoms with E-state index in [9.17, 15) is 0 Å². The van der Waals surface area contributed by atoms with Gasteiger partial charge in [-0.1, -0.05) is 121 Å². The van der Waals surface area contributed by atoms with E-state index in [1.54, 1.807) is 0 Å². The Morgan fingerprint density at radius 2 is 0.778 bits per heavy atom. The van der Waals surface area contributed by atoms with Crippen LogP contribution in [0.2, 0.25) is 0 Å². The summed E-state index contributed by atoms with van der Waals surface area (Å²) in [4.78, 5) is 0. The number of hydrogen-bond acceptors (Lipinski definition) is 0. The van der Waals surface area contributed by atoms with Crippen LogP contribution in [0.4, 0.5) is 0 Å². The molecule has 2 nitrogen and oxygen atoms in total. The smallest absolute Gasteiger partial charge is 0.0541 e. The van der Waals surface area contributed by atoms with Gasteiger partial charge < -0.3 is 9.13 Å². The first-order valence-corrected chi connectivity index (χ1v) is 18.7. The lowest BCUT2D eigenvalue weighted by Gasteiger charge is -2.12. The zero-order valence-electron chi connectivity index (χ0n) is 29.4. The van der Waals surface area contributed by atoms with Crippen LogP contribution >= 0.6 is 0 Å². The minimum atomic E-state index is 1.16. The number of nitrogens with zero attached hydrogens (tertiary/aromatic N) is 2. The van der Waals surface area contributed by atoms with Gasteiger partial charge in [0.05, 0.1) is 22.1 Å². The molecule has 0 amide bonds. The molecular weight excluding hydrogens is 653 g/mol. The molecule has 2 heteroatoms. The Balaban J connectivity index is 1.00. The summed E-state index contributed by atoms with van der Waals surface area (Å²) >= 11 is 0. The first kappa shape index (κ1) is 29.4. The predicted octanol–water partition coefficient (Wildman–Crippen LogP) is 14.0. The molecule has 9 aromatic carbocycles. The normalized spacial score (nSPS) is 12.1. The Kier molecular flexibility index (Phi) is 6.09. The summed E-state index contributed by atoms with van der Waals surface area (Å²) in [6, 6.07) is 71.5. The molecule has 0 fully saturated rings. The molecule has 12 rings (SSSR count). The lowest BCUT2D eigenvalue weighted by Crippen LogP contribution is -1.94. The Bertz CT molecular complexity index is 3320. The first-order chi connectivity index (χ1) is 26.8. The van der Waals surface area contributed by atoms with Gasteiger partial charge in [-0.05, 0) is 128 Å². The van der Waals surface area contributed by atoms with E-state index in [-0.39, 0.29) is 0 Å². The van der Waals surface area contributed by atoms with Gasteiger partial charge >= 0.3 is 0 Å². The second-order valence-corrected chi connectivity index (χ2v) is 14.5. The summed E-state index contributed by atoms with van der Waals surface area (Å²) in [6.07, 6.45) is 0. The summed E-state index contributed by atoms with van der Waals surface area (Å²) < 4.78 is 4.81. The Labute approximate surface area is 312 Å². The fourth-order valence-corrected chi connectivity index (χ4v) is 9.25. The second kappa shape index (κ2) is 11.2. The molecule has 2 heterocycles. The third kappa shape index (κ3) is 4.17. The number of benzene rings is 9. The molecule has 11 aromatic rings. The van der Waals surface area contributed by atoms with Gasteiger partial charge in [-0.2, -0.15) is 0 Å². The lowest BCUT2D eigenvalue weighted by atomic mass is 9.96. The molecule has 0 saturated carbocycles. The monoisotopic (exact) mass is 684 g/mol. The predicted molar refractivity (Wildman–Crippen MR) is 228 cm³/mol. The van der Waals surface area contributed by atoms with Crippen LogP contribution in [0.1, 0.15) is 0 Å². The van der Waals surface area contributed by atoms with Crippen LogP contribution in [0.3, 0.4) is 0 Å². The molecule has 250 valence electrons. The van der Waals surface area contributed by atoms with Gasteiger partial charge in [-0.15, -0.1) is 0 Å². The minimum Gasteiger partial charge on any atom is -0.309 e. The highest BCUT2D eigenvalue weighted by atomic mass is 15.0. The van der Waals surface area contributed by atoms with Crippen molar-refractivity contribution < 1.29 is 0 Å². The number of rotatable bonds is 4. The van der Waals surface area contributed by atoms with E-state index in [4.69, 9.17) is 0 Å². The third-order valence-electron chi connectivity index (χ3n) is 11.6. The molecule has 0 unspecified atom stereocenters. The fraction of sp³-hybridized carbons (Fsp3) is 0. The number of aromatic nitrogens is 2. The summed E-state index contributed by atoms with van der Waals surface area (Å²) in [6.45, 7) is 0. The van der Waals surface area contributed by atoms with Crippen molar-refractivity contribution in [2.45, 2.75) is 0 Å². The second-order valence-electron chi connectivity index (χ2n) is 14.5. The van der Waals surface area contributed by atoms with Crippen LogP contribution in [-0.4, -0.2) is 9.13 Å². The molecule has 0 spiro atoms. The maximum atomic E-state index is 2.43. The van der Waals surface area contributed by atoms with Crippen LogP contribution < -0.4 is 0 Å². The molecule has 0 N–H and O–H groups in total. The van der Waals surface area contributed by atoms with Gasteiger partial charge in [-0.25, -0.2) is 0 Å². The highest BCUT2D eigenvalue weighted by molar-refractivity contribution is 6.17. The van der Waals surface area contributed by atoms with Gasteiger partial charge in [0.25, 0.3) is 0 Å². The third-order valence-corrected chi connectivity index (χ3v) is 11.6. The van der Waals surface area contributed by atoms with Gasteiger partial charge in [-0.3, -0.25) is 0 Å². The topological polar surface area (TPSA) is 9.86 Å². The average molecular weight is 685 g/mol. The maximum absolute atomic E-state index is 2.43. The van der Waals surface area contributed by atoms with E-state index in [0.29, 0.717) is 0 Å². The van der Waals surface area contributed by atoms with Crippen LogP contribution in [0.15, 0.2) is 194 Å². The number of fused-ring (bicyclic) bond motifs is 9. The van der Waals surface area contributed by atoms with Crippen molar-refractivity contribution in [2.75, 3.05) is 0 Å². The SMILES string of the molecule is c1ccc(-n2c3ccccc3c3cc(-c4ccc5c(c4)c4ccccc4n5-c4cccc(-c5cc6c7c(cccc7c5)-c5ccccc5-6)c4)ccc32)cc1. The summed E-state index contributed by atoms with van der Waals surface area (Å²) in [5.41, 5.74) is 17.4. The average Bonchev–Trinajstić information content (AvgIpc) is 3.87. The van der Waals surface area contributed by atoms with Gasteiger partial charge in [0.15, 0.2) is 0 Å². The molecular formula is C52H32N2. The molecule has 1 aliphatic rings. The first-order valence-electron chi connectivity index (χ1n) is 18.7. The maximum Gasteiger partial charge on any atom is 0.0541 e. The summed E-state index contributed by atoms with van der Waals surface area (Å²) in [5.74, 6) is 0. The summed E-state index contributed by atoms with van der Waals surface area (Å²) in [7, 11) is 0. The van der Waals surface area contributed by atoms with E-state index < -0.39 is 0 Å². The van der Waals surface area contributed by atoms with Crippen molar-refractivity contribution >= 4 is 54.4 Å². The van der Waals surface area contributed by atoms with Crippen LogP contribution in [0.5, 0.6) is 0 Å². The zero-order chi connectivity index (χ0) is 35.3. The molecule has 2 aromatic heterocycles. The van der Waals surface area contributed by atoms with E-state index in [1.165, 1.54) is 105 Å². The van der Waals surface area contributed by atoms with Crippen molar-refractivity contribution in [3.8, 4) is 55.9 Å². The Hall–Kier alpha value is -7.16. The van der Waals surface area contributed by atoms with Gasteiger partial charge in [0.1, 0.15) is 0 Å².